The number of aryl methyl sites for hydroxylation is 1. The second kappa shape index (κ2) is 4.30. The Morgan fingerprint density at radius 3 is 2.56 bits per heavy atom. The first-order chi connectivity index (χ1) is 7.59. The van der Waals surface area contributed by atoms with Gasteiger partial charge in [-0.25, -0.2) is 9.97 Å². The van der Waals surface area contributed by atoms with Crippen LogP contribution in [-0.4, -0.2) is 17.1 Å². The molecular weight excluding hydrogens is 224 g/mol. The topological polar surface area (TPSA) is 35.0 Å². The van der Waals surface area contributed by atoms with Crippen molar-refractivity contribution in [2.75, 3.05) is 7.11 Å². The summed E-state index contributed by atoms with van der Waals surface area (Å²) in [6, 6.07) is 0. The molecule has 1 aromatic rings. The number of methoxy groups -OCH3 is 1. The van der Waals surface area contributed by atoms with E-state index in [9.17, 15) is 0 Å². The number of hydrogen-bond donors (Lipinski definition) is 0. The molecule has 0 spiro atoms. The third kappa shape index (κ3) is 1.82. The number of halogens is 1. The molecule has 0 N–H and O–H groups in total. The molecule has 0 aromatic carbocycles. The minimum absolute atomic E-state index is 0.0473. The fraction of sp³-hybridized carbons (Fsp3) is 0.667. The van der Waals surface area contributed by atoms with Gasteiger partial charge in [0.25, 0.3) is 0 Å². The minimum atomic E-state index is -0.237. The van der Waals surface area contributed by atoms with E-state index in [1.807, 2.05) is 20.0 Å². The molecule has 1 fully saturated rings. The Morgan fingerprint density at radius 1 is 1.50 bits per heavy atom. The highest BCUT2D eigenvalue weighted by Crippen LogP contribution is 2.42. The van der Waals surface area contributed by atoms with Gasteiger partial charge in [-0.2, -0.15) is 0 Å². The van der Waals surface area contributed by atoms with Gasteiger partial charge in [-0.05, 0) is 33.1 Å². The molecule has 1 unspecified atom stereocenters. The molecule has 1 aliphatic carbocycles. The zero-order chi connectivity index (χ0) is 11.8. The predicted molar refractivity (Wildman–Crippen MR) is 63.6 cm³/mol. The number of rotatable bonds is 3. The van der Waals surface area contributed by atoms with Crippen molar-refractivity contribution in [3.63, 3.8) is 0 Å². The lowest BCUT2D eigenvalue weighted by Crippen LogP contribution is -2.38. The highest BCUT2D eigenvalue weighted by atomic mass is 35.5. The molecule has 0 bridgehead atoms. The fourth-order valence-corrected chi connectivity index (χ4v) is 2.32. The highest BCUT2D eigenvalue weighted by Gasteiger charge is 2.41. The number of ether oxygens (including phenoxy) is 1. The lowest BCUT2D eigenvalue weighted by molar-refractivity contribution is -0.0848. The van der Waals surface area contributed by atoms with Crippen LogP contribution in [0.25, 0.3) is 0 Å². The van der Waals surface area contributed by atoms with Gasteiger partial charge in [0.05, 0.1) is 5.38 Å². The lowest BCUT2D eigenvalue weighted by atomic mass is 9.79. The molecule has 4 heteroatoms. The van der Waals surface area contributed by atoms with E-state index in [0.29, 0.717) is 0 Å². The van der Waals surface area contributed by atoms with Gasteiger partial charge in [0.2, 0.25) is 0 Å². The summed E-state index contributed by atoms with van der Waals surface area (Å²) < 4.78 is 5.56. The average Bonchev–Trinajstić information content (AvgIpc) is 2.16. The van der Waals surface area contributed by atoms with E-state index < -0.39 is 0 Å². The maximum atomic E-state index is 6.05. The molecule has 1 aromatic heterocycles. The van der Waals surface area contributed by atoms with E-state index in [1.165, 1.54) is 6.42 Å². The van der Waals surface area contributed by atoms with Crippen molar-refractivity contribution in [2.45, 2.75) is 44.1 Å². The molecule has 1 heterocycles. The number of aromatic nitrogens is 2. The Labute approximate surface area is 101 Å². The summed E-state index contributed by atoms with van der Waals surface area (Å²) in [5.41, 5.74) is 1.71. The van der Waals surface area contributed by atoms with Crippen molar-refractivity contribution in [2.24, 2.45) is 0 Å². The normalized spacial score (nSPS) is 20.2. The van der Waals surface area contributed by atoms with Crippen LogP contribution in [0.5, 0.6) is 0 Å². The van der Waals surface area contributed by atoms with Crippen LogP contribution >= 0.6 is 11.6 Å². The summed E-state index contributed by atoms with van der Waals surface area (Å²) in [5.74, 6) is 0.805. The summed E-state index contributed by atoms with van der Waals surface area (Å²) >= 11 is 6.05. The Balaban J connectivity index is 2.34. The molecule has 16 heavy (non-hydrogen) atoms. The molecule has 0 saturated heterocycles. The van der Waals surface area contributed by atoms with Gasteiger partial charge in [-0.15, -0.1) is 11.6 Å². The SMILES string of the molecule is COC1(c2ncc(C(C)Cl)c(C)n2)CCC1. The van der Waals surface area contributed by atoms with Crippen LogP contribution in [0.1, 0.15) is 48.6 Å². The van der Waals surface area contributed by atoms with E-state index in [0.717, 1.165) is 29.9 Å². The second-order valence-corrected chi connectivity index (χ2v) is 5.06. The average molecular weight is 241 g/mol. The zero-order valence-electron chi connectivity index (χ0n) is 9.96. The molecule has 0 radical (unpaired) electrons. The van der Waals surface area contributed by atoms with Gasteiger partial charge in [0.15, 0.2) is 5.82 Å². The summed E-state index contributed by atoms with van der Waals surface area (Å²) in [4.78, 5) is 8.94. The largest absolute Gasteiger partial charge is 0.370 e. The van der Waals surface area contributed by atoms with E-state index in [-0.39, 0.29) is 11.0 Å². The molecule has 88 valence electrons. The number of hydrogen-bond acceptors (Lipinski definition) is 3. The van der Waals surface area contributed by atoms with Crippen LogP contribution in [0, 0.1) is 6.92 Å². The summed E-state index contributed by atoms with van der Waals surface area (Å²) in [6.45, 7) is 3.91. The van der Waals surface area contributed by atoms with Gasteiger partial charge in [-0.1, -0.05) is 0 Å². The minimum Gasteiger partial charge on any atom is -0.370 e. The molecule has 1 atom stereocenters. The van der Waals surface area contributed by atoms with Crippen LogP contribution in [0.15, 0.2) is 6.20 Å². The molecule has 0 aliphatic heterocycles. The standard InChI is InChI=1S/C12H17ClN2O/c1-8(13)10-7-14-11(15-9(10)2)12(16-3)5-4-6-12/h7-8H,4-6H2,1-3H3. The first-order valence-electron chi connectivity index (χ1n) is 5.62. The van der Waals surface area contributed by atoms with Gasteiger partial charge in [0.1, 0.15) is 5.60 Å². The van der Waals surface area contributed by atoms with Crippen molar-refractivity contribution in [1.29, 1.82) is 0 Å². The third-order valence-corrected chi connectivity index (χ3v) is 3.64. The van der Waals surface area contributed by atoms with E-state index in [2.05, 4.69) is 9.97 Å². The van der Waals surface area contributed by atoms with Crippen LogP contribution in [0.3, 0.4) is 0 Å². The Bertz CT molecular complexity index is 383. The first kappa shape index (κ1) is 11.8. The van der Waals surface area contributed by atoms with Gasteiger partial charge >= 0.3 is 0 Å². The third-order valence-electron chi connectivity index (χ3n) is 3.41. The summed E-state index contributed by atoms with van der Waals surface area (Å²) in [5, 5.41) is -0.0473. The molecule has 1 saturated carbocycles. The monoisotopic (exact) mass is 240 g/mol. The van der Waals surface area contributed by atoms with Crippen LogP contribution in [0.2, 0.25) is 0 Å². The maximum Gasteiger partial charge on any atom is 0.160 e. The Hall–Kier alpha value is -0.670. The smallest absolute Gasteiger partial charge is 0.160 e. The van der Waals surface area contributed by atoms with Crippen LogP contribution in [-0.2, 0) is 10.3 Å². The Kier molecular flexibility index (Phi) is 3.17. The fourth-order valence-electron chi connectivity index (χ4n) is 2.10. The Morgan fingerprint density at radius 2 is 2.19 bits per heavy atom. The molecule has 0 amide bonds. The zero-order valence-corrected chi connectivity index (χ0v) is 10.7. The summed E-state index contributed by atoms with van der Waals surface area (Å²) in [6.07, 6.45) is 5.04. The van der Waals surface area contributed by atoms with Crippen molar-refractivity contribution in [3.05, 3.63) is 23.3 Å². The van der Waals surface area contributed by atoms with Crippen LogP contribution in [0.4, 0.5) is 0 Å². The van der Waals surface area contributed by atoms with Crippen LogP contribution < -0.4 is 0 Å². The molecular formula is C12H17ClN2O. The van der Waals surface area contributed by atoms with Crippen molar-refractivity contribution >= 4 is 11.6 Å². The lowest BCUT2D eigenvalue weighted by Gasteiger charge is -2.38. The van der Waals surface area contributed by atoms with E-state index in [1.54, 1.807) is 7.11 Å². The first-order valence-corrected chi connectivity index (χ1v) is 6.06. The van der Waals surface area contributed by atoms with E-state index >= 15 is 0 Å². The predicted octanol–water partition coefficient (Wildman–Crippen LogP) is 3.11. The number of alkyl halides is 1. The highest BCUT2D eigenvalue weighted by molar-refractivity contribution is 6.20. The van der Waals surface area contributed by atoms with Gasteiger partial charge in [0, 0.05) is 24.6 Å². The van der Waals surface area contributed by atoms with Gasteiger partial charge < -0.3 is 4.74 Å². The van der Waals surface area contributed by atoms with Crippen molar-refractivity contribution in [3.8, 4) is 0 Å². The van der Waals surface area contributed by atoms with E-state index in [4.69, 9.17) is 16.3 Å². The maximum absolute atomic E-state index is 6.05. The van der Waals surface area contributed by atoms with Gasteiger partial charge in [-0.3, -0.25) is 0 Å². The van der Waals surface area contributed by atoms with Crippen molar-refractivity contribution in [1.82, 2.24) is 9.97 Å². The number of nitrogens with zero attached hydrogens (tertiary/aromatic N) is 2. The molecule has 2 rings (SSSR count). The molecule has 1 aliphatic rings. The quantitative estimate of drug-likeness (QED) is 0.762. The summed E-state index contributed by atoms with van der Waals surface area (Å²) in [7, 11) is 1.73. The van der Waals surface area contributed by atoms with Crippen molar-refractivity contribution < 1.29 is 4.74 Å². The molecule has 3 nitrogen and oxygen atoms in total. The second-order valence-electron chi connectivity index (χ2n) is 4.40.